The summed E-state index contributed by atoms with van der Waals surface area (Å²) in [4.78, 5) is 10.3. The second kappa shape index (κ2) is 5.92. The van der Waals surface area contributed by atoms with Crippen LogP contribution in [0, 0.1) is 0 Å². The van der Waals surface area contributed by atoms with Crippen molar-refractivity contribution >= 4 is 16.5 Å². The molecule has 0 spiro atoms. The normalized spacial score (nSPS) is 11.5. The number of amides is 2. The van der Waals surface area contributed by atoms with Gasteiger partial charge in [0.05, 0.1) is 0 Å². The fourth-order valence-electron chi connectivity index (χ4n) is 0.895. The maximum Gasteiger partial charge on any atom is 0.312 e. The Bertz CT molecular complexity index is 154. The minimum atomic E-state index is -1.05. The van der Waals surface area contributed by atoms with Crippen molar-refractivity contribution in [3.63, 3.8) is 0 Å². The molecule has 0 aliphatic rings. The minimum absolute atomic E-state index is 0.346. The quantitative estimate of drug-likeness (QED) is 0.402. The van der Waals surface area contributed by atoms with Crippen LogP contribution < -0.4 is 11.1 Å². The van der Waals surface area contributed by atoms with E-state index in [9.17, 15) is 4.79 Å². The molecule has 0 saturated heterocycles. The maximum absolute atomic E-state index is 10.3. The van der Waals surface area contributed by atoms with Crippen molar-refractivity contribution in [1.29, 1.82) is 0 Å². The van der Waals surface area contributed by atoms with Gasteiger partial charge in [-0.1, -0.05) is 0 Å². The summed E-state index contributed by atoms with van der Waals surface area (Å²) in [5, 5.41) is 2.42. The fraction of sp³-hybridized carbons (Fsp3) is 0.833. The highest BCUT2D eigenvalue weighted by atomic mass is 28.2. The summed E-state index contributed by atoms with van der Waals surface area (Å²) in [6, 6.07) is -0.575. The second-order valence-electron chi connectivity index (χ2n) is 2.34. The van der Waals surface area contributed by atoms with Crippen LogP contribution in [0.2, 0.25) is 0 Å². The number of primary amides is 1. The number of hydrogen-bond donors (Lipinski definition) is 2. The summed E-state index contributed by atoms with van der Waals surface area (Å²) in [6.07, 6.45) is 0.395. The van der Waals surface area contributed by atoms with Gasteiger partial charge in [-0.2, -0.15) is 0 Å². The number of carbonyl (C=O) groups is 1. The van der Waals surface area contributed by atoms with Gasteiger partial charge in [-0.15, -0.1) is 0 Å². The van der Waals surface area contributed by atoms with Crippen LogP contribution in [0.25, 0.3) is 0 Å². The second-order valence-corrected chi connectivity index (χ2v) is 2.74. The van der Waals surface area contributed by atoms with E-state index >= 15 is 0 Å². The number of carbonyl (C=O) groups excluding carboxylic acids is 1. The smallest absolute Gasteiger partial charge is 0.312 e. The van der Waals surface area contributed by atoms with Gasteiger partial charge in [-0.3, -0.25) is 0 Å². The van der Waals surface area contributed by atoms with Gasteiger partial charge in [0.15, 0.2) is 10.5 Å². The molecule has 0 bridgehead atoms. The van der Waals surface area contributed by atoms with Crippen LogP contribution in [-0.2, 0) is 13.9 Å². The lowest BCUT2D eigenvalue weighted by Crippen LogP contribution is -2.41. The van der Waals surface area contributed by atoms with Crippen molar-refractivity contribution < 1.29 is 18.7 Å². The van der Waals surface area contributed by atoms with Gasteiger partial charge >= 0.3 is 6.03 Å². The molecule has 0 unspecified atom stereocenters. The highest BCUT2D eigenvalue weighted by Crippen LogP contribution is 2.15. The third-order valence-corrected chi connectivity index (χ3v) is 2.29. The monoisotopic (exact) mass is 208 g/mol. The number of nitrogens with one attached hydrogen (secondary N) is 1. The third kappa shape index (κ3) is 4.22. The summed E-state index contributed by atoms with van der Waals surface area (Å²) < 4.78 is 15.2. The molecule has 0 atom stereocenters. The molecule has 13 heavy (non-hydrogen) atoms. The Kier molecular flexibility index (Phi) is 5.63. The summed E-state index contributed by atoms with van der Waals surface area (Å²) in [6.45, 7) is 0.346. The van der Waals surface area contributed by atoms with Gasteiger partial charge < -0.3 is 25.0 Å². The molecular formula is C6H16N2O4Si. The Labute approximate surface area is 80.3 Å². The lowest BCUT2D eigenvalue weighted by Gasteiger charge is -2.29. The zero-order valence-corrected chi connectivity index (χ0v) is 10.1. The third-order valence-electron chi connectivity index (χ3n) is 1.66. The molecule has 6 nitrogen and oxygen atoms in total. The molecule has 2 amide bonds. The molecule has 0 aromatic rings. The van der Waals surface area contributed by atoms with E-state index in [2.05, 4.69) is 5.32 Å². The summed E-state index contributed by atoms with van der Waals surface area (Å²) in [5.74, 6) is -1.05. The zero-order valence-electron chi connectivity index (χ0n) is 8.12. The maximum atomic E-state index is 10.3. The molecule has 0 fully saturated rings. The van der Waals surface area contributed by atoms with E-state index < -0.39 is 12.0 Å². The number of nitrogens with two attached hydrogens (primary N) is 1. The number of urea groups is 1. The van der Waals surface area contributed by atoms with Gasteiger partial charge in [0, 0.05) is 27.2 Å². The SMILES string of the molecule is COC(CCNC(N)=O)(OC)O[SiH3]. The predicted molar refractivity (Wildman–Crippen MR) is 50.0 cm³/mol. The first kappa shape index (κ1) is 12.4. The van der Waals surface area contributed by atoms with Crippen molar-refractivity contribution in [3.05, 3.63) is 0 Å². The molecule has 0 aliphatic carbocycles. The summed E-state index contributed by atoms with van der Waals surface area (Å²) in [5.41, 5.74) is 4.88. The van der Waals surface area contributed by atoms with Crippen molar-refractivity contribution in [2.75, 3.05) is 20.8 Å². The lowest BCUT2D eigenvalue weighted by molar-refractivity contribution is -0.323. The van der Waals surface area contributed by atoms with Gasteiger partial charge in [-0.25, -0.2) is 4.79 Å². The standard InChI is InChI=1S/C6H16N2O4Si/c1-10-6(11-2,12-13)3-4-8-5(7)9/h3-4H2,1-2,13H3,(H3,7,8,9). The van der Waals surface area contributed by atoms with Crippen LogP contribution in [0.3, 0.4) is 0 Å². The van der Waals surface area contributed by atoms with Crippen molar-refractivity contribution in [2.24, 2.45) is 5.73 Å². The first-order valence-electron chi connectivity index (χ1n) is 3.79. The summed E-state index contributed by atoms with van der Waals surface area (Å²) >= 11 is 0. The molecule has 78 valence electrons. The topological polar surface area (TPSA) is 82.8 Å². The van der Waals surface area contributed by atoms with Crippen molar-refractivity contribution in [1.82, 2.24) is 5.32 Å². The Hall–Kier alpha value is -0.633. The van der Waals surface area contributed by atoms with Crippen LogP contribution in [0.4, 0.5) is 4.79 Å². The van der Waals surface area contributed by atoms with E-state index in [0.29, 0.717) is 23.5 Å². The highest BCUT2D eigenvalue weighted by Gasteiger charge is 2.28. The number of rotatable bonds is 6. The number of hydrogen-bond acceptors (Lipinski definition) is 4. The van der Waals surface area contributed by atoms with E-state index in [4.69, 9.17) is 19.6 Å². The van der Waals surface area contributed by atoms with Gasteiger partial charge in [0.1, 0.15) is 0 Å². The predicted octanol–water partition coefficient (Wildman–Crippen LogP) is -1.71. The summed E-state index contributed by atoms with van der Waals surface area (Å²) in [7, 11) is 3.44. The number of methoxy groups -OCH3 is 2. The number of ether oxygens (including phenoxy) is 2. The van der Waals surface area contributed by atoms with Gasteiger partial charge in [0.25, 0.3) is 5.97 Å². The van der Waals surface area contributed by atoms with E-state index in [-0.39, 0.29) is 0 Å². The molecule has 3 N–H and O–H groups in total. The van der Waals surface area contributed by atoms with Crippen molar-refractivity contribution in [2.45, 2.75) is 12.4 Å². The molecular weight excluding hydrogens is 192 g/mol. The average molecular weight is 208 g/mol. The molecule has 0 aromatic heterocycles. The van der Waals surface area contributed by atoms with Gasteiger partial charge in [0.2, 0.25) is 0 Å². The molecule has 0 heterocycles. The molecule has 7 heteroatoms. The fourth-order valence-corrected chi connectivity index (χ4v) is 1.43. The zero-order chi connectivity index (χ0) is 10.3. The van der Waals surface area contributed by atoms with E-state index in [1.165, 1.54) is 14.2 Å². The van der Waals surface area contributed by atoms with E-state index in [1.807, 2.05) is 0 Å². The molecule has 0 aromatic carbocycles. The Morgan fingerprint density at radius 3 is 2.38 bits per heavy atom. The van der Waals surface area contributed by atoms with E-state index in [0.717, 1.165) is 0 Å². The van der Waals surface area contributed by atoms with Crippen LogP contribution in [0.5, 0.6) is 0 Å². The van der Waals surface area contributed by atoms with Crippen LogP contribution in [0.15, 0.2) is 0 Å². The lowest BCUT2D eigenvalue weighted by atomic mass is 10.3. The average Bonchev–Trinajstić information content (AvgIpc) is 2.13. The first-order chi connectivity index (χ1) is 6.10. The first-order valence-corrected chi connectivity index (χ1v) is 4.60. The van der Waals surface area contributed by atoms with Gasteiger partial charge in [-0.05, 0) is 0 Å². The molecule has 0 rings (SSSR count). The highest BCUT2D eigenvalue weighted by molar-refractivity contribution is 5.98. The Morgan fingerprint density at radius 1 is 1.54 bits per heavy atom. The largest absolute Gasteiger partial charge is 0.380 e. The minimum Gasteiger partial charge on any atom is -0.380 e. The molecule has 0 saturated carbocycles. The molecule has 0 radical (unpaired) electrons. The van der Waals surface area contributed by atoms with E-state index in [1.54, 1.807) is 0 Å². The van der Waals surface area contributed by atoms with Crippen LogP contribution in [0.1, 0.15) is 6.42 Å². The molecule has 0 aliphatic heterocycles. The van der Waals surface area contributed by atoms with Crippen LogP contribution >= 0.6 is 0 Å². The van der Waals surface area contributed by atoms with Crippen LogP contribution in [-0.4, -0.2) is 43.3 Å². The Morgan fingerprint density at radius 2 is 2.08 bits per heavy atom. The van der Waals surface area contributed by atoms with Crippen molar-refractivity contribution in [3.8, 4) is 0 Å². The Balaban J connectivity index is 3.88.